The molecule has 0 saturated heterocycles. The summed E-state index contributed by atoms with van der Waals surface area (Å²) >= 11 is 0. The summed E-state index contributed by atoms with van der Waals surface area (Å²) in [5.41, 5.74) is 3.11. The fourth-order valence-electron chi connectivity index (χ4n) is 5.58. The van der Waals surface area contributed by atoms with Crippen molar-refractivity contribution in [1.29, 1.82) is 0 Å². The van der Waals surface area contributed by atoms with Gasteiger partial charge in [0.05, 0.1) is 11.7 Å². The molecule has 0 aliphatic heterocycles. The van der Waals surface area contributed by atoms with E-state index in [0.29, 0.717) is 54.6 Å². The van der Waals surface area contributed by atoms with Crippen molar-refractivity contribution in [3.8, 4) is 5.75 Å². The van der Waals surface area contributed by atoms with Crippen LogP contribution in [0.15, 0.2) is 96.0 Å². The molecule has 0 amide bonds. The van der Waals surface area contributed by atoms with E-state index in [1.807, 2.05) is 24.3 Å². The van der Waals surface area contributed by atoms with Crippen molar-refractivity contribution in [3.05, 3.63) is 102 Å². The normalized spacial score (nSPS) is 16.1. The van der Waals surface area contributed by atoms with Crippen LogP contribution < -0.4 is 4.74 Å². The van der Waals surface area contributed by atoms with Crippen LogP contribution in [0.3, 0.4) is 0 Å². The lowest BCUT2D eigenvalue weighted by atomic mass is 9.90. The molecule has 8 heteroatoms. The Morgan fingerprint density at radius 2 is 1.46 bits per heavy atom. The fourth-order valence-corrected chi connectivity index (χ4v) is 5.58. The molecule has 1 aromatic rings. The maximum Gasteiger partial charge on any atom is 0.343 e. The summed E-state index contributed by atoms with van der Waals surface area (Å²) in [6, 6.07) is 6.70. The largest absolute Gasteiger partial charge is 0.488 e. The van der Waals surface area contributed by atoms with Crippen LogP contribution in [0.2, 0.25) is 0 Å². The Morgan fingerprint density at radius 3 is 2.04 bits per heavy atom. The van der Waals surface area contributed by atoms with Gasteiger partial charge in [-0.15, -0.1) is 0 Å². The highest BCUT2D eigenvalue weighted by Gasteiger charge is 2.23. The first-order valence-electron chi connectivity index (χ1n) is 17.4. The first-order valence-corrected chi connectivity index (χ1v) is 17.4. The zero-order valence-corrected chi connectivity index (χ0v) is 28.6. The number of allylic oxidation sites excluding steroid dienone is 8. The number of aldehydes is 1. The Labute approximate surface area is 285 Å². The Balaban J connectivity index is 1.56. The maximum atomic E-state index is 12.9. The number of unbranched alkanes of at least 4 members (excludes halogenated alkanes) is 5. The molecule has 0 bridgehead atoms. The van der Waals surface area contributed by atoms with E-state index in [2.05, 4.69) is 27.0 Å². The molecule has 260 valence electrons. The highest BCUT2D eigenvalue weighted by molar-refractivity contribution is 5.90. The Morgan fingerprint density at radius 1 is 0.833 bits per heavy atom. The lowest BCUT2D eigenvalue weighted by molar-refractivity contribution is -0.167. The van der Waals surface area contributed by atoms with Gasteiger partial charge in [-0.2, -0.15) is 0 Å². The van der Waals surface area contributed by atoms with Crippen LogP contribution in [0.1, 0.15) is 114 Å². The topological polar surface area (TPSA) is 108 Å². The minimum absolute atomic E-state index is 0.149. The number of ether oxygens (including phenoxy) is 4. The molecule has 0 fully saturated rings. The maximum absolute atomic E-state index is 12.9. The van der Waals surface area contributed by atoms with Crippen molar-refractivity contribution in [1.82, 2.24) is 0 Å². The predicted octanol–water partition coefficient (Wildman–Crippen LogP) is 8.93. The van der Waals surface area contributed by atoms with Crippen LogP contribution in [-0.4, -0.2) is 41.8 Å². The van der Waals surface area contributed by atoms with E-state index in [1.165, 1.54) is 11.1 Å². The molecule has 2 aliphatic carbocycles. The van der Waals surface area contributed by atoms with E-state index in [-0.39, 0.29) is 6.42 Å². The summed E-state index contributed by atoms with van der Waals surface area (Å²) in [5.74, 6) is 0.983. The summed E-state index contributed by atoms with van der Waals surface area (Å²) in [6.07, 6.45) is 19.1. The van der Waals surface area contributed by atoms with E-state index in [0.717, 1.165) is 69.6 Å². The van der Waals surface area contributed by atoms with Crippen LogP contribution in [0.4, 0.5) is 0 Å². The second-order valence-corrected chi connectivity index (χ2v) is 12.3. The standard InChI is InChI=1S/C40H52O8/c1-5-8-10-12-13-37(36(42)27-29(4)28-41)45-33-25-19-32(20-26-33)40(44)47-35-23-17-31(18-24-35)30-15-21-34(22-16-30)46-39(14-11-9-6-2)48-38(43)7-3/h7,15,17,19-21,23,25-26,28,36-37,39,42H,3-6,8-14,16,18,22,24,27H2,1-2H3. The molecule has 8 nitrogen and oxygen atoms in total. The van der Waals surface area contributed by atoms with Crippen molar-refractivity contribution in [2.75, 3.05) is 0 Å². The Hall–Kier alpha value is -4.17. The van der Waals surface area contributed by atoms with Gasteiger partial charge in [0.2, 0.25) is 6.29 Å². The van der Waals surface area contributed by atoms with E-state index in [4.69, 9.17) is 18.9 Å². The number of aliphatic hydroxyl groups is 1. The molecule has 0 aromatic heterocycles. The third-order valence-corrected chi connectivity index (χ3v) is 8.39. The van der Waals surface area contributed by atoms with Crippen molar-refractivity contribution in [2.45, 2.75) is 122 Å². The van der Waals surface area contributed by atoms with Gasteiger partial charge in [-0.3, -0.25) is 4.79 Å². The van der Waals surface area contributed by atoms with Crippen LogP contribution in [0.25, 0.3) is 0 Å². The lowest BCUT2D eigenvalue weighted by Gasteiger charge is -2.24. The van der Waals surface area contributed by atoms with Gasteiger partial charge in [0.25, 0.3) is 0 Å². The molecule has 3 atom stereocenters. The predicted molar refractivity (Wildman–Crippen MR) is 187 cm³/mol. The van der Waals surface area contributed by atoms with E-state index < -0.39 is 30.4 Å². The molecule has 3 rings (SSSR count). The van der Waals surface area contributed by atoms with Crippen LogP contribution in [0, 0.1) is 0 Å². The molecule has 2 aliphatic rings. The minimum atomic E-state index is -0.859. The van der Waals surface area contributed by atoms with Crippen LogP contribution >= 0.6 is 0 Å². The van der Waals surface area contributed by atoms with Gasteiger partial charge in [0, 0.05) is 31.8 Å². The number of hydrogen-bond donors (Lipinski definition) is 1. The van der Waals surface area contributed by atoms with E-state index in [9.17, 15) is 19.5 Å². The summed E-state index contributed by atoms with van der Waals surface area (Å²) < 4.78 is 23.2. The van der Waals surface area contributed by atoms with E-state index >= 15 is 0 Å². The number of hydrogen-bond acceptors (Lipinski definition) is 8. The average molecular weight is 661 g/mol. The number of carbonyl (C=O) groups excluding carboxylic acids is 3. The molecule has 1 N–H and O–H groups in total. The molecular weight excluding hydrogens is 608 g/mol. The summed E-state index contributed by atoms with van der Waals surface area (Å²) in [7, 11) is 0. The van der Waals surface area contributed by atoms with Gasteiger partial charge in [0.1, 0.15) is 29.7 Å². The van der Waals surface area contributed by atoms with Gasteiger partial charge in [-0.25, -0.2) is 9.59 Å². The van der Waals surface area contributed by atoms with Gasteiger partial charge >= 0.3 is 11.9 Å². The van der Waals surface area contributed by atoms with Gasteiger partial charge in [-0.1, -0.05) is 71.3 Å². The first kappa shape index (κ1) is 38.3. The second kappa shape index (κ2) is 20.9. The number of aliphatic hydroxyl groups excluding tert-OH is 1. The zero-order chi connectivity index (χ0) is 34.7. The smallest absolute Gasteiger partial charge is 0.343 e. The van der Waals surface area contributed by atoms with Crippen molar-refractivity contribution < 1.29 is 38.4 Å². The quantitative estimate of drug-likeness (QED) is 0.0432. The van der Waals surface area contributed by atoms with Crippen molar-refractivity contribution in [2.24, 2.45) is 0 Å². The summed E-state index contributed by atoms with van der Waals surface area (Å²) in [4.78, 5) is 35.7. The SMILES string of the molecule is C=CC(=O)OC(CCCCC)OC1=CC=C(C2=CC=C(OC(=O)c3ccc(OC(CCCCCC)C(O)CC(=C)C=O)cc3)CC2)CC1. The molecule has 0 spiro atoms. The van der Waals surface area contributed by atoms with Gasteiger partial charge < -0.3 is 24.1 Å². The second-order valence-electron chi connectivity index (χ2n) is 12.3. The number of carbonyl (C=O) groups is 3. The monoisotopic (exact) mass is 660 g/mol. The third-order valence-electron chi connectivity index (χ3n) is 8.39. The molecule has 1 aromatic carbocycles. The number of benzene rings is 1. The van der Waals surface area contributed by atoms with Crippen LogP contribution in [-0.2, 0) is 23.8 Å². The van der Waals surface area contributed by atoms with Gasteiger partial charge in [-0.05, 0) is 85.2 Å². The Bertz CT molecular complexity index is 1360. The average Bonchev–Trinajstić information content (AvgIpc) is 3.10. The van der Waals surface area contributed by atoms with Gasteiger partial charge in [0.15, 0.2) is 0 Å². The molecule has 3 unspecified atom stereocenters. The van der Waals surface area contributed by atoms with Crippen LogP contribution in [0.5, 0.6) is 5.75 Å². The highest BCUT2D eigenvalue weighted by Crippen LogP contribution is 2.32. The van der Waals surface area contributed by atoms with E-state index in [1.54, 1.807) is 24.3 Å². The number of rotatable bonds is 22. The summed E-state index contributed by atoms with van der Waals surface area (Å²) in [5, 5.41) is 10.7. The fraction of sp³-hybridized carbons (Fsp3) is 0.475. The molecule has 48 heavy (non-hydrogen) atoms. The molecule has 0 saturated carbocycles. The molecule has 0 radical (unpaired) electrons. The Kier molecular flexibility index (Phi) is 16.7. The van der Waals surface area contributed by atoms with Crippen molar-refractivity contribution >= 4 is 18.2 Å². The minimum Gasteiger partial charge on any atom is -0.488 e. The first-order chi connectivity index (χ1) is 23.3. The molecular formula is C40H52O8. The molecule has 0 heterocycles. The zero-order valence-electron chi connectivity index (χ0n) is 28.6. The number of esters is 2. The highest BCUT2D eigenvalue weighted by atomic mass is 16.7. The third kappa shape index (κ3) is 13.1. The lowest BCUT2D eigenvalue weighted by Crippen LogP contribution is -2.32. The van der Waals surface area contributed by atoms with Crippen molar-refractivity contribution in [3.63, 3.8) is 0 Å². The summed E-state index contributed by atoms with van der Waals surface area (Å²) in [6.45, 7) is 11.4.